The number of benzene rings is 3. The van der Waals surface area contributed by atoms with Crippen LogP contribution in [-0.4, -0.2) is 10.4 Å². The molecule has 0 bridgehead atoms. The van der Waals surface area contributed by atoms with Gasteiger partial charge in [0.05, 0.1) is 4.92 Å². The van der Waals surface area contributed by atoms with Gasteiger partial charge in [-0.25, -0.2) is 0 Å². The Morgan fingerprint density at radius 2 is 1.21 bits per heavy atom. The van der Waals surface area contributed by atoms with Crippen molar-refractivity contribution in [3.63, 3.8) is 0 Å². The molecule has 0 aliphatic carbocycles. The normalized spacial score (nSPS) is 10.5. The molecule has 24 heavy (non-hydrogen) atoms. The van der Waals surface area contributed by atoms with Crippen LogP contribution in [0.1, 0.15) is 10.4 Å². The summed E-state index contributed by atoms with van der Waals surface area (Å²) in [5, 5.41) is 13.0. The predicted molar refractivity (Wildman–Crippen MR) is 96.5 cm³/mol. The van der Waals surface area contributed by atoms with Crippen LogP contribution in [0.5, 0.6) is 0 Å². The third kappa shape index (κ3) is 3.24. The maximum absolute atomic E-state index is 13.2. The van der Waals surface area contributed by atoms with Crippen LogP contribution in [0.2, 0.25) is 0 Å². The van der Waals surface area contributed by atoms with Crippen molar-refractivity contribution in [2.45, 2.75) is 0 Å². The van der Waals surface area contributed by atoms with Crippen molar-refractivity contribution >= 4 is 29.7 Å². The van der Waals surface area contributed by atoms with Crippen molar-refractivity contribution in [3.8, 4) is 0 Å². The Bertz CT molecular complexity index is 827. The maximum Gasteiger partial charge on any atom is 0.280 e. The fourth-order valence-corrected chi connectivity index (χ4v) is 4.61. The fraction of sp³-hybridized carbons (Fsp3) is 0. The second kappa shape index (κ2) is 7.16. The smallest absolute Gasteiger partial charge is 0.280 e. The zero-order valence-electron chi connectivity index (χ0n) is 12.7. The van der Waals surface area contributed by atoms with Gasteiger partial charge < -0.3 is 0 Å². The van der Waals surface area contributed by atoms with E-state index in [1.807, 2.05) is 60.7 Å². The summed E-state index contributed by atoms with van der Waals surface area (Å²) >= 11 is 0. The number of nitrogens with zero attached hydrogens (tertiary/aromatic N) is 1. The van der Waals surface area contributed by atoms with Crippen molar-refractivity contribution in [2.75, 3.05) is 0 Å². The summed E-state index contributed by atoms with van der Waals surface area (Å²) in [7, 11) is -1.37. The first-order valence-electron chi connectivity index (χ1n) is 7.36. The predicted octanol–water partition coefficient (Wildman–Crippen LogP) is 3.87. The molecule has 0 fully saturated rings. The number of nitro groups is 1. The molecule has 0 spiro atoms. The lowest BCUT2D eigenvalue weighted by Gasteiger charge is -2.17. The Morgan fingerprint density at radius 3 is 1.71 bits per heavy atom. The van der Waals surface area contributed by atoms with Crippen molar-refractivity contribution in [1.29, 1.82) is 0 Å². The van der Waals surface area contributed by atoms with Gasteiger partial charge >= 0.3 is 0 Å². The van der Waals surface area contributed by atoms with Crippen molar-refractivity contribution < 1.29 is 9.72 Å². The molecular formula is C19H14NO3P. The summed E-state index contributed by atoms with van der Waals surface area (Å²) in [6.07, 6.45) is 0. The first-order chi connectivity index (χ1) is 11.7. The average molecular weight is 335 g/mol. The Hall–Kier alpha value is -2.84. The largest absolute Gasteiger partial charge is 0.288 e. The summed E-state index contributed by atoms with van der Waals surface area (Å²) in [5.41, 5.74) is -0.210. The van der Waals surface area contributed by atoms with Crippen molar-refractivity contribution in [2.24, 2.45) is 0 Å². The Balaban J connectivity index is 2.14. The van der Waals surface area contributed by atoms with E-state index in [1.54, 1.807) is 12.1 Å². The molecule has 0 atom stereocenters. The maximum atomic E-state index is 13.2. The van der Waals surface area contributed by atoms with Crippen LogP contribution in [0, 0.1) is 10.1 Å². The summed E-state index contributed by atoms with van der Waals surface area (Å²) in [6, 6.07) is 25.0. The van der Waals surface area contributed by atoms with Crippen molar-refractivity contribution in [3.05, 3.63) is 101 Å². The number of rotatable bonds is 5. The van der Waals surface area contributed by atoms with Crippen LogP contribution in [0.15, 0.2) is 84.9 Å². The summed E-state index contributed by atoms with van der Waals surface area (Å²) in [5.74, 6) is 0. The van der Waals surface area contributed by atoms with Crippen LogP contribution in [-0.2, 0) is 0 Å². The minimum Gasteiger partial charge on any atom is -0.288 e. The fourth-order valence-electron chi connectivity index (χ4n) is 2.47. The lowest BCUT2D eigenvalue weighted by atomic mass is 10.2. The lowest BCUT2D eigenvalue weighted by molar-refractivity contribution is -0.385. The minimum absolute atomic E-state index is 0.151. The summed E-state index contributed by atoms with van der Waals surface area (Å²) < 4.78 is 0. The molecule has 0 amide bonds. The molecule has 0 heterocycles. The third-order valence-corrected chi connectivity index (χ3v) is 5.84. The van der Waals surface area contributed by atoms with Gasteiger partial charge in [0.2, 0.25) is 0 Å². The molecule has 3 rings (SSSR count). The first kappa shape index (κ1) is 16.0. The van der Waals surface area contributed by atoms with Crippen LogP contribution >= 0.6 is 7.92 Å². The Kier molecular flexibility index (Phi) is 4.78. The van der Waals surface area contributed by atoms with Gasteiger partial charge in [-0.05, 0) is 16.7 Å². The minimum atomic E-state index is -1.37. The van der Waals surface area contributed by atoms with E-state index in [0.29, 0.717) is 0 Å². The third-order valence-electron chi connectivity index (χ3n) is 3.56. The molecule has 0 saturated heterocycles. The number of hydrogen-bond acceptors (Lipinski definition) is 3. The summed E-state index contributed by atoms with van der Waals surface area (Å²) in [6.45, 7) is 0. The number of carbonyl (C=O) groups excluding carboxylic acids is 1. The monoisotopic (exact) mass is 335 g/mol. The van der Waals surface area contributed by atoms with E-state index in [0.717, 1.165) is 10.6 Å². The standard InChI is InChI=1S/C19H14NO3P/c21-19(17-13-7-8-14-18(17)20(22)23)24(15-9-3-1-4-10-15)16-11-5-2-6-12-16/h1-14H. The molecular weight excluding hydrogens is 321 g/mol. The molecule has 118 valence electrons. The van der Waals surface area contributed by atoms with Crippen LogP contribution in [0.25, 0.3) is 0 Å². The van der Waals surface area contributed by atoms with Gasteiger partial charge in [0, 0.05) is 14.0 Å². The second-order valence-corrected chi connectivity index (χ2v) is 7.20. The first-order valence-corrected chi connectivity index (χ1v) is 8.70. The van der Waals surface area contributed by atoms with Gasteiger partial charge in [-0.2, -0.15) is 0 Å². The highest BCUT2D eigenvalue weighted by Crippen LogP contribution is 2.39. The van der Waals surface area contributed by atoms with E-state index >= 15 is 0 Å². The molecule has 0 aliphatic rings. The van der Waals surface area contributed by atoms with E-state index in [2.05, 4.69) is 0 Å². The molecule has 0 aliphatic heterocycles. The lowest BCUT2D eigenvalue weighted by Crippen LogP contribution is -2.18. The molecule has 0 aromatic heterocycles. The van der Waals surface area contributed by atoms with Gasteiger partial charge in [0.25, 0.3) is 5.69 Å². The van der Waals surface area contributed by atoms with Gasteiger partial charge in [-0.15, -0.1) is 0 Å². The molecule has 3 aromatic carbocycles. The van der Waals surface area contributed by atoms with E-state index in [1.165, 1.54) is 12.1 Å². The molecule has 0 saturated carbocycles. The highest BCUT2D eigenvalue weighted by Gasteiger charge is 2.28. The van der Waals surface area contributed by atoms with E-state index in [9.17, 15) is 14.9 Å². The zero-order valence-corrected chi connectivity index (χ0v) is 13.6. The van der Waals surface area contributed by atoms with Gasteiger partial charge in [-0.3, -0.25) is 14.9 Å². The highest BCUT2D eigenvalue weighted by atomic mass is 31.1. The number of carbonyl (C=O) groups is 1. The van der Waals surface area contributed by atoms with Crippen LogP contribution < -0.4 is 10.6 Å². The zero-order chi connectivity index (χ0) is 16.9. The number of nitro benzene ring substituents is 1. The second-order valence-electron chi connectivity index (χ2n) is 5.09. The molecule has 0 unspecified atom stereocenters. The Labute approximate surface area is 140 Å². The number of hydrogen-bond donors (Lipinski definition) is 0. The molecule has 0 radical (unpaired) electrons. The molecule has 0 N–H and O–H groups in total. The van der Waals surface area contributed by atoms with E-state index in [-0.39, 0.29) is 16.8 Å². The Morgan fingerprint density at radius 1 is 0.750 bits per heavy atom. The van der Waals surface area contributed by atoms with Gasteiger partial charge in [-0.1, -0.05) is 72.8 Å². The molecule has 4 nitrogen and oxygen atoms in total. The van der Waals surface area contributed by atoms with Gasteiger partial charge in [0.1, 0.15) is 5.56 Å². The number of para-hydroxylation sites is 1. The van der Waals surface area contributed by atoms with E-state index in [4.69, 9.17) is 0 Å². The van der Waals surface area contributed by atoms with Gasteiger partial charge in [0.15, 0.2) is 5.52 Å². The summed E-state index contributed by atoms with van der Waals surface area (Å²) in [4.78, 5) is 24.0. The topological polar surface area (TPSA) is 60.2 Å². The van der Waals surface area contributed by atoms with Crippen LogP contribution in [0.4, 0.5) is 5.69 Å². The van der Waals surface area contributed by atoms with Crippen LogP contribution in [0.3, 0.4) is 0 Å². The quantitative estimate of drug-likeness (QED) is 0.404. The highest BCUT2D eigenvalue weighted by molar-refractivity contribution is 7.88. The SMILES string of the molecule is O=C(c1ccccc1[N+](=O)[O-])P(c1ccccc1)c1ccccc1. The molecule has 5 heteroatoms. The van der Waals surface area contributed by atoms with Crippen molar-refractivity contribution in [1.82, 2.24) is 0 Å². The average Bonchev–Trinajstić information content (AvgIpc) is 2.63. The molecule has 3 aromatic rings. The van der Waals surface area contributed by atoms with E-state index < -0.39 is 12.8 Å².